The summed E-state index contributed by atoms with van der Waals surface area (Å²) in [5.74, 6) is 0.143. The Bertz CT molecular complexity index is 281. The summed E-state index contributed by atoms with van der Waals surface area (Å²) in [7, 11) is 0. The second-order valence-corrected chi connectivity index (χ2v) is 3.08. The average molecular weight is 179 g/mol. The van der Waals surface area contributed by atoms with Crippen molar-refractivity contribution in [2.24, 2.45) is 0 Å². The van der Waals surface area contributed by atoms with Crippen LogP contribution >= 0.6 is 0 Å². The van der Waals surface area contributed by atoms with Crippen LogP contribution in [0.2, 0.25) is 0 Å². The van der Waals surface area contributed by atoms with Gasteiger partial charge in [0.1, 0.15) is 5.75 Å². The van der Waals surface area contributed by atoms with Gasteiger partial charge < -0.3 is 10.2 Å². The summed E-state index contributed by atoms with van der Waals surface area (Å²) < 4.78 is 0. The molecule has 1 aromatic rings. The summed E-state index contributed by atoms with van der Waals surface area (Å²) in [6.45, 7) is 5.80. The Labute approximate surface area is 78.8 Å². The van der Waals surface area contributed by atoms with E-state index in [1.54, 1.807) is 12.1 Å². The van der Waals surface area contributed by atoms with Gasteiger partial charge in [0, 0.05) is 12.5 Å². The Hall–Kier alpha value is -1.02. The topological polar surface area (TPSA) is 40.5 Å². The van der Waals surface area contributed by atoms with Crippen LogP contribution in [0.25, 0.3) is 0 Å². The van der Waals surface area contributed by atoms with E-state index in [4.69, 9.17) is 5.11 Å². The number of aliphatic hydroxyl groups excluding tert-OH is 1. The molecular formula is C11H15O2. The molecule has 0 bridgehead atoms. The summed E-state index contributed by atoms with van der Waals surface area (Å²) >= 11 is 0. The molecule has 0 aromatic heterocycles. The molecule has 1 radical (unpaired) electrons. The Morgan fingerprint density at radius 3 is 2.69 bits per heavy atom. The molecule has 1 unspecified atom stereocenters. The van der Waals surface area contributed by atoms with Gasteiger partial charge >= 0.3 is 0 Å². The molecule has 13 heavy (non-hydrogen) atoms. The molecule has 2 N–H and O–H groups in total. The highest BCUT2D eigenvalue weighted by Crippen LogP contribution is 2.26. The molecule has 0 aliphatic carbocycles. The largest absolute Gasteiger partial charge is 0.508 e. The monoisotopic (exact) mass is 179 g/mol. The molecule has 0 saturated heterocycles. The molecule has 2 heteroatoms. The number of hydrogen-bond donors (Lipinski definition) is 2. The van der Waals surface area contributed by atoms with Crippen LogP contribution in [-0.4, -0.2) is 16.8 Å². The molecule has 1 atom stereocenters. The maximum Gasteiger partial charge on any atom is 0.119 e. The van der Waals surface area contributed by atoms with Gasteiger partial charge in [0.05, 0.1) is 0 Å². The Kier molecular flexibility index (Phi) is 3.32. The smallest absolute Gasteiger partial charge is 0.119 e. The summed E-state index contributed by atoms with van der Waals surface area (Å²) in [4.78, 5) is 0. The Morgan fingerprint density at radius 2 is 2.15 bits per heavy atom. The standard InChI is InChI=1S/C11H15O2/c1-3-9-10(8(2)7-12)5-4-6-11(9)13/h4-6,8,12-13H,2-3,7H2,1H3. The number of benzene rings is 1. The van der Waals surface area contributed by atoms with Crippen LogP contribution in [0, 0.1) is 6.92 Å². The third-order valence-corrected chi connectivity index (χ3v) is 2.20. The van der Waals surface area contributed by atoms with Crippen LogP contribution in [-0.2, 0) is 6.42 Å². The van der Waals surface area contributed by atoms with Gasteiger partial charge in [-0.2, -0.15) is 0 Å². The zero-order valence-corrected chi connectivity index (χ0v) is 7.83. The highest BCUT2D eigenvalue weighted by Gasteiger charge is 2.11. The first-order chi connectivity index (χ1) is 6.20. The minimum Gasteiger partial charge on any atom is -0.508 e. The number of hydrogen-bond acceptors (Lipinski definition) is 2. The lowest BCUT2D eigenvalue weighted by molar-refractivity contribution is 0.282. The molecule has 1 rings (SSSR count). The summed E-state index contributed by atoms with van der Waals surface area (Å²) in [5.41, 5.74) is 1.82. The van der Waals surface area contributed by atoms with Crippen molar-refractivity contribution in [3.05, 3.63) is 36.2 Å². The van der Waals surface area contributed by atoms with Gasteiger partial charge in [-0.25, -0.2) is 0 Å². The first-order valence-electron chi connectivity index (χ1n) is 4.45. The second kappa shape index (κ2) is 4.28. The van der Waals surface area contributed by atoms with Gasteiger partial charge in [0.15, 0.2) is 0 Å². The van der Waals surface area contributed by atoms with E-state index in [0.29, 0.717) is 5.75 Å². The van der Waals surface area contributed by atoms with E-state index in [-0.39, 0.29) is 12.5 Å². The molecule has 0 heterocycles. The van der Waals surface area contributed by atoms with Crippen LogP contribution in [0.1, 0.15) is 24.0 Å². The van der Waals surface area contributed by atoms with Crippen molar-refractivity contribution < 1.29 is 10.2 Å². The third kappa shape index (κ3) is 2.01. The van der Waals surface area contributed by atoms with Gasteiger partial charge in [0.2, 0.25) is 0 Å². The van der Waals surface area contributed by atoms with Gasteiger partial charge in [-0.1, -0.05) is 19.1 Å². The molecule has 0 spiro atoms. The van der Waals surface area contributed by atoms with Crippen LogP contribution in [0.5, 0.6) is 5.75 Å². The summed E-state index contributed by atoms with van der Waals surface area (Å²) in [5, 5.41) is 18.5. The van der Waals surface area contributed by atoms with Crippen LogP contribution < -0.4 is 0 Å². The Balaban J connectivity index is 3.12. The Morgan fingerprint density at radius 1 is 1.46 bits per heavy atom. The molecule has 2 nitrogen and oxygen atoms in total. The highest BCUT2D eigenvalue weighted by atomic mass is 16.3. The van der Waals surface area contributed by atoms with E-state index < -0.39 is 0 Å². The molecule has 0 aliphatic heterocycles. The maximum atomic E-state index is 9.53. The van der Waals surface area contributed by atoms with Crippen molar-refractivity contribution in [3.8, 4) is 5.75 Å². The molecule has 0 fully saturated rings. The van der Waals surface area contributed by atoms with E-state index in [1.165, 1.54) is 0 Å². The van der Waals surface area contributed by atoms with Crippen molar-refractivity contribution in [3.63, 3.8) is 0 Å². The van der Waals surface area contributed by atoms with Gasteiger partial charge in [-0.15, -0.1) is 0 Å². The highest BCUT2D eigenvalue weighted by molar-refractivity contribution is 5.41. The number of aliphatic hydroxyl groups is 1. The third-order valence-electron chi connectivity index (χ3n) is 2.20. The van der Waals surface area contributed by atoms with Gasteiger partial charge in [-0.3, -0.25) is 0 Å². The fourth-order valence-corrected chi connectivity index (χ4v) is 1.46. The van der Waals surface area contributed by atoms with Crippen molar-refractivity contribution in [2.45, 2.75) is 19.3 Å². The lowest BCUT2D eigenvalue weighted by Gasteiger charge is -2.14. The summed E-state index contributed by atoms with van der Waals surface area (Å²) in [6, 6.07) is 5.33. The fraction of sp³-hybridized carbons (Fsp3) is 0.364. The minimum atomic E-state index is -0.151. The van der Waals surface area contributed by atoms with Crippen molar-refractivity contribution >= 4 is 0 Å². The maximum absolute atomic E-state index is 9.53. The number of phenols is 1. The molecule has 0 amide bonds. The van der Waals surface area contributed by atoms with E-state index in [2.05, 4.69) is 6.92 Å². The SMILES string of the molecule is [CH2]C(CO)c1cccc(O)c1CC. The minimum absolute atomic E-state index is 0.0104. The fourth-order valence-electron chi connectivity index (χ4n) is 1.46. The zero-order valence-electron chi connectivity index (χ0n) is 7.83. The predicted octanol–water partition coefficient (Wildman–Crippen LogP) is 1.86. The number of phenolic OH excluding ortho intramolecular Hbond substituents is 1. The first-order valence-corrected chi connectivity index (χ1v) is 4.45. The van der Waals surface area contributed by atoms with Gasteiger partial charge in [-0.05, 0) is 30.5 Å². The molecule has 1 aromatic carbocycles. The quantitative estimate of drug-likeness (QED) is 0.743. The normalized spacial score (nSPS) is 12.8. The summed E-state index contributed by atoms with van der Waals surface area (Å²) in [6.07, 6.45) is 0.758. The average Bonchev–Trinajstić information content (AvgIpc) is 2.16. The number of rotatable bonds is 3. The van der Waals surface area contributed by atoms with E-state index >= 15 is 0 Å². The van der Waals surface area contributed by atoms with Crippen molar-refractivity contribution in [2.75, 3.05) is 6.61 Å². The lowest BCUT2D eigenvalue weighted by Crippen LogP contribution is -2.03. The van der Waals surface area contributed by atoms with Crippen molar-refractivity contribution in [1.82, 2.24) is 0 Å². The van der Waals surface area contributed by atoms with Crippen LogP contribution in [0.15, 0.2) is 18.2 Å². The predicted molar refractivity (Wildman–Crippen MR) is 52.7 cm³/mol. The van der Waals surface area contributed by atoms with Crippen LogP contribution in [0.3, 0.4) is 0 Å². The zero-order chi connectivity index (χ0) is 9.84. The molecule has 0 saturated carbocycles. The number of aromatic hydroxyl groups is 1. The van der Waals surface area contributed by atoms with E-state index in [9.17, 15) is 5.11 Å². The van der Waals surface area contributed by atoms with E-state index in [0.717, 1.165) is 17.5 Å². The van der Waals surface area contributed by atoms with Crippen LogP contribution in [0.4, 0.5) is 0 Å². The molecular weight excluding hydrogens is 164 g/mol. The molecule has 71 valence electrons. The van der Waals surface area contributed by atoms with Gasteiger partial charge in [0.25, 0.3) is 0 Å². The van der Waals surface area contributed by atoms with Crippen molar-refractivity contribution in [1.29, 1.82) is 0 Å². The second-order valence-electron chi connectivity index (χ2n) is 3.08. The lowest BCUT2D eigenvalue weighted by atomic mass is 9.94. The molecule has 0 aliphatic rings. The van der Waals surface area contributed by atoms with E-state index in [1.807, 2.05) is 13.0 Å². The first kappa shape index (κ1) is 10.1.